The molecule has 7 nitrogen and oxygen atoms in total. The Balaban J connectivity index is 2.27. The van der Waals surface area contributed by atoms with Crippen LogP contribution in [0.25, 0.3) is 5.76 Å². The third-order valence-electron chi connectivity index (χ3n) is 4.34. The lowest BCUT2D eigenvalue weighted by molar-refractivity contribution is -0.139. The van der Waals surface area contributed by atoms with Crippen LogP contribution in [0.5, 0.6) is 0 Å². The van der Waals surface area contributed by atoms with E-state index in [1.807, 2.05) is 24.3 Å². The largest absolute Gasteiger partial charge is 0.499 e. The molecule has 1 unspecified atom stereocenters. The van der Waals surface area contributed by atoms with Gasteiger partial charge in [-0.1, -0.05) is 24.3 Å². The van der Waals surface area contributed by atoms with Crippen LogP contribution >= 0.6 is 0 Å². The number of carboxylic acids is 1. The van der Waals surface area contributed by atoms with Crippen molar-refractivity contribution < 1.29 is 19.4 Å². The van der Waals surface area contributed by atoms with Gasteiger partial charge < -0.3 is 25.2 Å². The maximum absolute atomic E-state index is 12.0. The SMILES string of the molecule is COC(C)=C1NC(C(=O)O)c2ccccc2C(OC)=C1Nc1ccncc1. The Labute approximate surface area is 157 Å². The van der Waals surface area contributed by atoms with Crippen molar-refractivity contribution in [2.45, 2.75) is 13.0 Å². The summed E-state index contributed by atoms with van der Waals surface area (Å²) in [5.74, 6) is 0.0506. The number of hydrogen-bond acceptors (Lipinski definition) is 6. The van der Waals surface area contributed by atoms with Crippen LogP contribution in [0.15, 0.2) is 65.9 Å². The summed E-state index contributed by atoms with van der Waals surface area (Å²) in [6, 6.07) is 9.93. The fourth-order valence-corrected chi connectivity index (χ4v) is 2.98. The van der Waals surface area contributed by atoms with Crippen LogP contribution in [0, 0.1) is 0 Å². The average molecular weight is 367 g/mol. The summed E-state index contributed by atoms with van der Waals surface area (Å²) in [5, 5.41) is 16.2. The average Bonchev–Trinajstić information content (AvgIpc) is 2.82. The first-order valence-electron chi connectivity index (χ1n) is 8.36. The summed E-state index contributed by atoms with van der Waals surface area (Å²) in [6.45, 7) is 1.76. The maximum atomic E-state index is 12.0. The van der Waals surface area contributed by atoms with E-state index in [0.717, 1.165) is 5.69 Å². The minimum Gasteiger partial charge on any atom is -0.499 e. The van der Waals surface area contributed by atoms with Crippen molar-refractivity contribution in [2.24, 2.45) is 0 Å². The number of allylic oxidation sites excluding steroid dienone is 1. The fourth-order valence-electron chi connectivity index (χ4n) is 2.98. The van der Waals surface area contributed by atoms with Crippen LogP contribution in [0.3, 0.4) is 0 Å². The molecule has 1 atom stereocenters. The molecule has 0 saturated heterocycles. The van der Waals surface area contributed by atoms with Gasteiger partial charge in [-0.2, -0.15) is 0 Å². The summed E-state index contributed by atoms with van der Waals surface area (Å²) in [7, 11) is 3.09. The summed E-state index contributed by atoms with van der Waals surface area (Å²) < 4.78 is 11.1. The van der Waals surface area contributed by atoms with Gasteiger partial charge in [-0.3, -0.25) is 4.98 Å². The summed E-state index contributed by atoms with van der Waals surface area (Å²) >= 11 is 0. The molecule has 140 valence electrons. The number of aromatic nitrogens is 1. The predicted octanol–water partition coefficient (Wildman–Crippen LogP) is 3.12. The molecule has 27 heavy (non-hydrogen) atoms. The Morgan fingerprint density at radius 2 is 1.89 bits per heavy atom. The predicted molar refractivity (Wildman–Crippen MR) is 101 cm³/mol. The maximum Gasteiger partial charge on any atom is 0.330 e. The van der Waals surface area contributed by atoms with E-state index in [-0.39, 0.29) is 0 Å². The van der Waals surface area contributed by atoms with Crippen molar-refractivity contribution in [2.75, 3.05) is 19.5 Å². The van der Waals surface area contributed by atoms with Crippen molar-refractivity contribution in [1.29, 1.82) is 0 Å². The van der Waals surface area contributed by atoms with Crippen LogP contribution in [-0.4, -0.2) is 30.3 Å². The van der Waals surface area contributed by atoms with Crippen molar-refractivity contribution in [3.05, 3.63) is 77.1 Å². The van der Waals surface area contributed by atoms with Crippen molar-refractivity contribution in [1.82, 2.24) is 10.3 Å². The lowest BCUT2D eigenvalue weighted by Gasteiger charge is -2.21. The normalized spacial score (nSPS) is 18.0. The van der Waals surface area contributed by atoms with Crippen LogP contribution in [0.1, 0.15) is 24.1 Å². The summed E-state index contributed by atoms with van der Waals surface area (Å²) in [4.78, 5) is 16.0. The number of pyridine rings is 1. The van der Waals surface area contributed by atoms with E-state index in [1.165, 1.54) is 7.11 Å². The molecule has 0 saturated carbocycles. The van der Waals surface area contributed by atoms with E-state index in [1.54, 1.807) is 38.6 Å². The van der Waals surface area contributed by atoms with Crippen molar-refractivity contribution in [3.63, 3.8) is 0 Å². The third kappa shape index (κ3) is 3.57. The van der Waals surface area contributed by atoms with Gasteiger partial charge in [-0.25, -0.2) is 4.79 Å². The number of carboxylic acid groups (broad SMARTS) is 1. The van der Waals surface area contributed by atoms with E-state index < -0.39 is 12.0 Å². The molecule has 7 heteroatoms. The Kier molecular flexibility index (Phi) is 5.30. The molecule has 1 aromatic carbocycles. The lowest BCUT2D eigenvalue weighted by atomic mass is 9.99. The molecule has 3 N–H and O–H groups in total. The zero-order valence-electron chi connectivity index (χ0n) is 15.3. The first-order chi connectivity index (χ1) is 13.1. The number of methoxy groups -OCH3 is 2. The highest BCUT2D eigenvalue weighted by molar-refractivity contribution is 5.83. The van der Waals surface area contributed by atoms with Crippen molar-refractivity contribution >= 4 is 17.4 Å². The highest BCUT2D eigenvalue weighted by atomic mass is 16.5. The molecule has 0 spiro atoms. The lowest BCUT2D eigenvalue weighted by Crippen LogP contribution is -2.30. The number of ether oxygens (including phenoxy) is 2. The summed E-state index contributed by atoms with van der Waals surface area (Å²) in [6.07, 6.45) is 3.33. The molecule has 0 bridgehead atoms. The fraction of sp³-hybridized carbons (Fsp3) is 0.200. The standard InChI is InChI=1S/C20H21N3O4/c1-12(26-2)16-18(22-13-8-10-21-11-9-13)19(27-3)15-7-5-4-6-14(15)17(23-16)20(24)25/h4-11,17,23H,1-3H3,(H,21,22)(H,24,25). The molecule has 2 aromatic rings. The number of carbonyl (C=O) groups is 1. The summed E-state index contributed by atoms with van der Waals surface area (Å²) in [5.41, 5.74) is 3.17. The van der Waals surface area contributed by atoms with Gasteiger partial charge in [0.2, 0.25) is 0 Å². The monoisotopic (exact) mass is 367 g/mol. The molecule has 0 fully saturated rings. The zero-order chi connectivity index (χ0) is 19.4. The number of rotatable bonds is 5. The first-order valence-corrected chi connectivity index (χ1v) is 8.36. The molecule has 1 aromatic heterocycles. The number of benzene rings is 1. The molecule has 0 aliphatic carbocycles. The van der Waals surface area contributed by atoms with Crippen LogP contribution < -0.4 is 10.6 Å². The molecular weight excluding hydrogens is 346 g/mol. The topological polar surface area (TPSA) is 92.7 Å². The first kappa shape index (κ1) is 18.3. The Bertz CT molecular complexity index is 906. The second-order valence-electron chi connectivity index (χ2n) is 5.91. The minimum absolute atomic E-state index is 0.509. The molecule has 1 aliphatic rings. The number of aliphatic carboxylic acids is 1. The second-order valence-corrected chi connectivity index (χ2v) is 5.91. The molecule has 3 rings (SSSR count). The Hall–Kier alpha value is -3.48. The zero-order valence-corrected chi connectivity index (χ0v) is 15.3. The van der Waals surface area contributed by atoms with Gasteiger partial charge in [0.1, 0.15) is 17.2 Å². The van der Waals surface area contributed by atoms with Gasteiger partial charge in [0, 0.05) is 23.6 Å². The molecule has 1 aliphatic heterocycles. The van der Waals surface area contributed by atoms with Gasteiger partial charge in [0.15, 0.2) is 11.8 Å². The van der Waals surface area contributed by atoms with E-state index in [9.17, 15) is 9.90 Å². The van der Waals surface area contributed by atoms with Gasteiger partial charge in [-0.05, 0) is 24.6 Å². The number of hydrogen-bond donors (Lipinski definition) is 3. The van der Waals surface area contributed by atoms with Gasteiger partial charge in [0.25, 0.3) is 0 Å². The van der Waals surface area contributed by atoms with Gasteiger partial charge in [0.05, 0.1) is 14.2 Å². The Morgan fingerprint density at radius 1 is 1.19 bits per heavy atom. The van der Waals surface area contributed by atoms with Gasteiger partial charge in [-0.15, -0.1) is 0 Å². The van der Waals surface area contributed by atoms with E-state index in [2.05, 4.69) is 15.6 Å². The van der Waals surface area contributed by atoms with E-state index in [4.69, 9.17) is 9.47 Å². The number of nitrogens with one attached hydrogen (secondary N) is 2. The highest BCUT2D eigenvalue weighted by Gasteiger charge is 2.32. The number of fused-ring (bicyclic) bond motifs is 1. The second kappa shape index (κ2) is 7.82. The van der Waals surface area contributed by atoms with E-state index in [0.29, 0.717) is 34.0 Å². The minimum atomic E-state index is -0.996. The van der Waals surface area contributed by atoms with Crippen molar-refractivity contribution in [3.8, 4) is 0 Å². The van der Waals surface area contributed by atoms with Crippen LogP contribution in [0.4, 0.5) is 5.69 Å². The Morgan fingerprint density at radius 3 is 2.52 bits per heavy atom. The molecule has 2 heterocycles. The highest BCUT2D eigenvalue weighted by Crippen LogP contribution is 2.36. The molecule has 0 amide bonds. The van der Waals surface area contributed by atoms with Crippen LogP contribution in [0.2, 0.25) is 0 Å². The molecular formula is C20H21N3O4. The number of anilines is 1. The van der Waals surface area contributed by atoms with Crippen LogP contribution in [-0.2, 0) is 14.3 Å². The quantitative estimate of drug-likeness (QED) is 0.699. The number of nitrogens with zero attached hydrogens (tertiary/aromatic N) is 1. The smallest absolute Gasteiger partial charge is 0.330 e. The molecule has 0 radical (unpaired) electrons. The third-order valence-corrected chi connectivity index (χ3v) is 4.34. The van der Waals surface area contributed by atoms with E-state index >= 15 is 0 Å². The van der Waals surface area contributed by atoms with Gasteiger partial charge >= 0.3 is 5.97 Å².